The van der Waals surface area contributed by atoms with E-state index in [2.05, 4.69) is 19.9 Å². The van der Waals surface area contributed by atoms with Crippen molar-refractivity contribution in [3.63, 3.8) is 0 Å². The van der Waals surface area contributed by atoms with Crippen LogP contribution in [0.2, 0.25) is 0 Å². The van der Waals surface area contributed by atoms with E-state index in [9.17, 15) is 9.59 Å². The van der Waals surface area contributed by atoms with Crippen LogP contribution >= 0.6 is 11.5 Å². The van der Waals surface area contributed by atoms with Gasteiger partial charge in [-0.05, 0) is 35.8 Å². The SMILES string of the molecule is NC(=O)c1cc2cc(NC(=O)Cc3csnn3)ccc2[nH]1. The lowest BCUT2D eigenvalue weighted by Gasteiger charge is -2.03. The highest BCUT2D eigenvalue weighted by Crippen LogP contribution is 2.20. The average Bonchev–Trinajstić information content (AvgIpc) is 3.06. The number of H-pyrrole nitrogens is 1. The molecule has 7 nitrogen and oxygen atoms in total. The van der Waals surface area contributed by atoms with Gasteiger partial charge in [0.25, 0.3) is 5.91 Å². The molecular formula is C13H11N5O2S. The summed E-state index contributed by atoms with van der Waals surface area (Å²) in [5.74, 6) is -0.694. The maximum Gasteiger partial charge on any atom is 0.265 e. The van der Waals surface area contributed by atoms with Gasteiger partial charge in [-0.15, -0.1) is 5.10 Å². The summed E-state index contributed by atoms with van der Waals surface area (Å²) >= 11 is 1.21. The molecule has 2 heterocycles. The minimum absolute atomic E-state index is 0.173. The van der Waals surface area contributed by atoms with Crippen LogP contribution < -0.4 is 11.1 Å². The van der Waals surface area contributed by atoms with Crippen LogP contribution in [-0.4, -0.2) is 26.4 Å². The van der Waals surface area contributed by atoms with Crippen molar-refractivity contribution in [2.45, 2.75) is 6.42 Å². The van der Waals surface area contributed by atoms with Gasteiger partial charge in [0, 0.05) is 22.0 Å². The minimum atomic E-state index is -0.521. The quantitative estimate of drug-likeness (QED) is 0.673. The van der Waals surface area contributed by atoms with Crippen LogP contribution in [0, 0.1) is 0 Å². The van der Waals surface area contributed by atoms with E-state index in [1.54, 1.807) is 29.6 Å². The van der Waals surface area contributed by atoms with Crippen molar-refractivity contribution in [2.24, 2.45) is 5.73 Å². The summed E-state index contributed by atoms with van der Waals surface area (Å²) in [4.78, 5) is 25.9. The molecule has 0 spiro atoms. The molecule has 0 atom stereocenters. The van der Waals surface area contributed by atoms with Crippen molar-refractivity contribution in [1.82, 2.24) is 14.6 Å². The summed E-state index contributed by atoms with van der Waals surface area (Å²) in [6.45, 7) is 0. The normalized spacial score (nSPS) is 10.7. The van der Waals surface area contributed by atoms with Crippen LogP contribution in [-0.2, 0) is 11.2 Å². The van der Waals surface area contributed by atoms with E-state index in [0.717, 1.165) is 10.9 Å². The fourth-order valence-corrected chi connectivity index (χ4v) is 2.43. The van der Waals surface area contributed by atoms with Gasteiger partial charge in [0.15, 0.2) is 0 Å². The van der Waals surface area contributed by atoms with E-state index in [4.69, 9.17) is 5.73 Å². The predicted molar refractivity (Wildman–Crippen MR) is 79.1 cm³/mol. The Balaban J connectivity index is 1.77. The molecule has 1 aromatic carbocycles. The van der Waals surface area contributed by atoms with E-state index in [1.165, 1.54) is 11.5 Å². The Labute approximate surface area is 123 Å². The van der Waals surface area contributed by atoms with Gasteiger partial charge in [0.05, 0.1) is 12.1 Å². The monoisotopic (exact) mass is 301 g/mol. The summed E-state index contributed by atoms with van der Waals surface area (Å²) in [6.07, 6.45) is 0.175. The fraction of sp³-hybridized carbons (Fsp3) is 0.0769. The molecule has 8 heteroatoms. The molecular weight excluding hydrogens is 290 g/mol. The van der Waals surface area contributed by atoms with Crippen LogP contribution in [0.15, 0.2) is 29.6 Å². The largest absolute Gasteiger partial charge is 0.364 e. The number of rotatable bonds is 4. The summed E-state index contributed by atoms with van der Waals surface area (Å²) < 4.78 is 3.71. The fourth-order valence-electron chi connectivity index (χ4n) is 1.97. The summed E-state index contributed by atoms with van der Waals surface area (Å²) in [6, 6.07) is 6.95. The zero-order chi connectivity index (χ0) is 14.8. The Morgan fingerprint density at radius 3 is 2.90 bits per heavy atom. The first-order chi connectivity index (χ1) is 10.1. The van der Waals surface area contributed by atoms with Gasteiger partial charge in [-0.1, -0.05) is 4.49 Å². The number of hydrogen-bond donors (Lipinski definition) is 3. The third kappa shape index (κ3) is 2.90. The number of nitrogens with two attached hydrogens (primary N) is 1. The van der Waals surface area contributed by atoms with Crippen LogP contribution in [0.4, 0.5) is 5.69 Å². The second-order valence-corrected chi connectivity index (χ2v) is 5.08. The number of primary amides is 1. The van der Waals surface area contributed by atoms with Crippen molar-refractivity contribution >= 4 is 39.9 Å². The molecule has 0 fully saturated rings. The second kappa shape index (κ2) is 5.33. The van der Waals surface area contributed by atoms with Crippen LogP contribution in [0.25, 0.3) is 10.9 Å². The molecule has 106 valence electrons. The Hall–Kier alpha value is -2.74. The van der Waals surface area contributed by atoms with Crippen molar-refractivity contribution in [3.8, 4) is 0 Å². The molecule has 21 heavy (non-hydrogen) atoms. The lowest BCUT2D eigenvalue weighted by molar-refractivity contribution is -0.115. The molecule has 0 saturated carbocycles. The zero-order valence-electron chi connectivity index (χ0n) is 10.8. The Morgan fingerprint density at radius 1 is 1.33 bits per heavy atom. The molecule has 0 aliphatic heterocycles. The van der Waals surface area contributed by atoms with Crippen molar-refractivity contribution in [2.75, 3.05) is 5.32 Å². The molecule has 0 bridgehead atoms. The van der Waals surface area contributed by atoms with Crippen molar-refractivity contribution < 1.29 is 9.59 Å². The molecule has 0 aliphatic rings. The average molecular weight is 301 g/mol. The predicted octanol–water partition coefficient (Wildman–Crippen LogP) is 1.30. The third-order valence-corrected chi connectivity index (χ3v) is 3.47. The molecule has 2 aromatic heterocycles. The molecule has 3 rings (SSSR count). The van der Waals surface area contributed by atoms with Crippen LogP contribution in [0.3, 0.4) is 0 Å². The number of carbonyl (C=O) groups excluding carboxylic acids is 2. The number of benzene rings is 1. The Morgan fingerprint density at radius 2 is 2.19 bits per heavy atom. The number of nitrogens with zero attached hydrogens (tertiary/aromatic N) is 2. The summed E-state index contributed by atoms with van der Waals surface area (Å²) in [5, 5.41) is 9.13. The van der Waals surface area contributed by atoms with Gasteiger partial charge < -0.3 is 16.0 Å². The van der Waals surface area contributed by atoms with E-state index in [-0.39, 0.29) is 12.3 Å². The molecule has 3 aromatic rings. The number of aromatic amines is 1. The van der Waals surface area contributed by atoms with Gasteiger partial charge in [-0.3, -0.25) is 9.59 Å². The number of anilines is 1. The first-order valence-corrected chi connectivity index (χ1v) is 6.94. The van der Waals surface area contributed by atoms with E-state index < -0.39 is 5.91 Å². The van der Waals surface area contributed by atoms with Gasteiger partial charge in [-0.2, -0.15) is 0 Å². The maximum absolute atomic E-state index is 11.9. The van der Waals surface area contributed by atoms with E-state index in [1.807, 2.05) is 0 Å². The number of carbonyl (C=O) groups is 2. The van der Waals surface area contributed by atoms with E-state index in [0.29, 0.717) is 17.1 Å². The highest BCUT2D eigenvalue weighted by molar-refractivity contribution is 7.03. The molecule has 0 radical (unpaired) electrons. The summed E-state index contributed by atoms with van der Waals surface area (Å²) in [7, 11) is 0. The van der Waals surface area contributed by atoms with Gasteiger partial charge >= 0.3 is 0 Å². The van der Waals surface area contributed by atoms with Crippen LogP contribution in [0.1, 0.15) is 16.2 Å². The van der Waals surface area contributed by atoms with Gasteiger partial charge in [-0.25, -0.2) is 0 Å². The molecule has 0 aliphatic carbocycles. The van der Waals surface area contributed by atoms with Gasteiger partial charge in [0.1, 0.15) is 5.69 Å². The number of aromatic nitrogens is 3. The number of hydrogen-bond acceptors (Lipinski definition) is 5. The first-order valence-electron chi connectivity index (χ1n) is 6.10. The Kier molecular flexibility index (Phi) is 3.36. The molecule has 2 amide bonds. The Bertz CT molecular complexity index is 809. The topological polar surface area (TPSA) is 114 Å². The second-order valence-electron chi connectivity index (χ2n) is 4.47. The first kappa shape index (κ1) is 13.3. The number of fused-ring (bicyclic) bond motifs is 1. The summed E-state index contributed by atoms with van der Waals surface area (Å²) in [5.41, 5.74) is 7.62. The van der Waals surface area contributed by atoms with Crippen molar-refractivity contribution in [1.29, 1.82) is 0 Å². The highest BCUT2D eigenvalue weighted by Gasteiger charge is 2.09. The smallest absolute Gasteiger partial charge is 0.265 e. The highest BCUT2D eigenvalue weighted by atomic mass is 32.1. The standard InChI is InChI=1S/C13H11N5O2S/c14-13(20)11-4-7-3-8(1-2-10(7)16-11)15-12(19)5-9-6-21-18-17-9/h1-4,6,16H,5H2,(H2,14,20)(H,15,19). The minimum Gasteiger partial charge on any atom is -0.364 e. The van der Waals surface area contributed by atoms with E-state index >= 15 is 0 Å². The van der Waals surface area contributed by atoms with Crippen molar-refractivity contribution in [3.05, 3.63) is 41.0 Å². The third-order valence-electron chi connectivity index (χ3n) is 2.92. The zero-order valence-corrected chi connectivity index (χ0v) is 11.6. The molecule has 4 N–H and O–H groups in total. The van der Waals surface area contributed by atoms with Crippen LogP contribution in [0.5, 0.6) is 0 Å². The molecule has 0 saturated heterocycles. The number of amides is 2. The maximum atomic E-state index is 11.9. The van der Waals surface area contributed by atoms with Gasteiger partial charge in [0.2, 0.25) is 5.91 Å². The lowest BCUT2D eigenvalue weighted by atomic mass is 10.2. The number of nitrogens with one attached hydrogen (secondary N) is 2. The lowest BCUT2D eigenvalue weighted by Crippen LogP contribution is -2.14. The molecule has 0 unspecified atom stereocenters.